The zero-order chi connectivity index (χ0) is 35.6. The van der Waals surface area contributed by atoms with E-state index in [2.05, 4.69) is 26.1 Å². The molecule has 0 aromatic heterocycles. The number of carbonyl (C=O) groups is 1. The fourth-order valence-electron chi connectivity index (χ4n) is 6.44. The molecule has 0 spiro atoms. The normalized spacial score (nSPS) is 23.3. The average molecular weight is 690 g/mol. The molecule has 48 heavy (non-hydrogen) atoms. The highest BCUT2D eigenvalue weighted by atomic mass is 16.7. The Labute approximate surface area is 292 Å². The van der Waals surface area contributed by atoms with Crippen LogP contribution in [0, 0.1) is 5.92 Å². The molecule has 1 saturated heterocycles. The number of rotatable bonds is 31. The third kappa shape index (κ3) is 20.7. The number of aliphatic hydroxyl groups is 6. The first-order valence-electron chi connectivity index (χ1n) is 19.7. The van der Waals surface area contributed by atoms with E-state index in [0.29, 0.717) is 6.42 Å². The van der Waals surface area contributed by atoms with Gasteiger partial charge >= 0.3 is 0 Å². The maximum absolute atomic E-state index is 12.9. The molecule has 7 N–H and O–H groups in total. The third-order valence-corrected chi connectivity index (χ3v) is 9.73. The van der Waals surface area contributed by atoms with Gasteiger partial charge in [-0.2, -0.15) is 0 Å². The summed E-state index contributed by atoms with van der Waals surface area (Å²) in [7, 11) is 0. The van der Waals surface area contributed by atoms with Gasteiger partial charge in [-0.05, 0) is 18.8 Å². The van der Waals surface area contributed by atoms with Gasteiger partial charge in [-0.15, -0.1) is 0 Å². The molecule has 10 nitrogen and oxygen atoms in total. The van der Waals surface area contributed by atoms with Gasteiger partial charge in [0.05, 0.1) is 25.4 Å². The minimum absolute atomic E-state index is 0.260. The molecule has 0 bridgehead atoms. The second kappa shape index (κ2) is 28.8. The summed E-state index contributed by atoms with van der Waals surface area (Å²) in [5, 5.41) is 64.7. The maximum atomic E-state index is 12.9. The number of unbranched alkanes of at least 4 members (excludes halogenated alkanes) is 18. The number of hydrogen-bond donors (Lipinski definition) is 7. The van der Waals surface area contributed by atoms with E-state index in [0.717, 1.165) is 57.3 Å². The Bertz CT molecular complexity index is 756. The van der Waals surface area contributed by atoms with Crippen LogP contribution in [0.1, 0.15) is 168 Å². The lowest BCUT2D eigenvalue weighted by molar-refractivity contribution is -0.303. The minimum Gasteiger partial charge on any atom is -0.394 e. The van der Waals surface area contributed by atoms with E-state index in [1.807, 2.05) is 0 Å². The van der Waals surface area contributed by atoms with Crippen molar-refractivity contribution in [2.24, 2.45) is 5.92 Å². The van der Waals surface area contributed by atoms with Crippen LogP contribution in [-0.4, -0.2) is 98.7 Å². The summed E-state index contributed by atoms with van der Waals surface area (Å²) >= 11 is 0. The lowest BCUT2D eigenvalue weighted by Crippen LogP contribution is -2.60. The highest BCUT2D eigenvalue weighted by Crippen LogP contribution is 2.23. The first kappa shape index (κ1) is 45.2. The highest BCUT2D eigenvalue weighted by Gasteiger charge is 2.44. The van der Waals surface area contributed by atoms with Gasteiger partial charge < -0.3 is 45.4 Å². The van der Waals surface area contributed by atoms with Gasteiger partial charge in [0.15, 0.2) is 6.29 Å². The summed E-state index contributed by atoms with van der Waals surface area (Å²) in [5.41, 5.74) is 0. The van der Waals surface area contributed by atoms with E-state index in [-0.39, 0.29) is 18.9 Å². The molecule has 0 aliphatic carbocycles. The van der Waals surface area contributed by atoms with E-state index in [1.165, 1.54) is 83.5 Å². The van der Waals surface area contributed by atoms with Crippen LogP contribution in [0.15, 0.2) is 0 Å². The van der Waals surface area contributed by atoms with Crippen LogP contribution in [0.25, 0.3) is 0 Å². The fourth-order valence-corrected chi connectivity index (χ4v) is 6.44. The highest BCUT2D eigenvalue weighted by molar-refractivity contribution is 5.76. The summed E-state index contributed by atoms with van der Waals surface area (Å²) in [6, 6.07) is -0.984. The Kier molecular flexibility index (Phi) is 27.1. The first-order chi connectivity index (χ1) is 23.1. The van der Waals surface area contributed by atoms with Crippen LogP contribution in [-0.2, 0) is 14.3 Å². The molecular formula is C38H75NO9. The second-order valence-electron chi connectivity index (χ2n) is 14.7. The van der Waals surface area contributed by atoms with E-state index >= 15 is 0 Å². The van der Waals surface area contributed by atoms with Gasteiger partial charge in [0, 0.05) is 6.42 Å². The Balaban J connectivity index is 2.49. The number of ether oxygens (including phenoxy) is 2. The van der Waals surface area contributed by atoms with Crippen LogP contribution in [0.4, 0.5) is 0 Å². The van der Waals surface area contributed by atoms with Gasteiger partial charge in [0.25, 0.3) is 0 Å². The Hall–Kier alpha value is -0.850. The van der Waals surface area contributed by atoms with Crippen molar-refractivity contribution in [3.63, 3.8) is 0 Å². The number of hydrogen-bond acceptors (Lipinski definition) is 9. The Morgan fingerprint density at radius 2 is 1.17 bits per heavy atom. The lowest BCUT2D eigenvalue weighted by Gasteiger charge is -2.40. The summed E-state index contributed by atoms with van der Waals surface area (Å²) in [6.07, 6.45) is 15.6. The molecule has 8 unspecified atom stereocenters. The molecule has 0 aromatic carbocycles. The molecule has 1 rings (SSSR count). The molecule has 1 amide bonds. The van der Waals surface area contributed by atoms with Gasteiger partial charge in [-0.1, -0.05) is 149 Å². The van der Waals surface area contributed by atoms with E-state index in [9.17, 15) is 35.4 Å². The van der Waals surface area contributed by atoms with Crippen molar-refractivity contribution >= 4 is 5.91 Å². The third-order valence-electron chi connectivity index (χ3n) is 9.73. The molecule has 1 fully saturated rings. The predicted molar refractivity (Wildman–Crippen MR) is 190 cm³/mol. The van der Waals surface area contributed by atoms with Crippen molar-refractivity contribution in [1.82, 2.24) is 5.32 Å². The standard InChI is InChI=1S/C38H75NO9/c1-4-5-6-7-8-9-10-11-12-13-17-20-23-26-33(42)39-30(28-47-38-37(46)36(45)35(44)32(27-40)48-38)34(43)31(41)25-22-19-16-14-15-18-21-24-29(2)3/h29-32,34-38,40-41,43-46H,4-28H2,1-3H3,(H,39,42). The van der Waals surface area contributed by atoms with E-state index < -0.39 is 55.6 Å². The zero-order valence-electron chi connectivity index (χ0n) is 30.8. The molecule has 1 heterocycles. The van der Waals surface area contributed by atoms with Crippen molar-refractivity contribution < 1.29 is 44.9 Å². The number of amides is 1. The first-order valence-corrected chi connectivity index (χ1v) is 19.7. The molecule has 0 aromatic rings. The van der Waals surface area contributed by atoms with Crippen LogP contribution < -0.4 is 5.32 Å². The van der Waals surface area contributed by atoms with Gasteiger partial charge in [0.1, 0.15) is 30.5 Å². The molecular weight excluding hydrogens is 614 g/mol. The topological polar surface area (TPSA) is 169 Å². The second-order valence-corrected chi connectivity index (χ2v) is 14.7. The maximum Gasteiger partial charge on any atom is 0.220 e. The summed E-state index contributed by atoms with van der Waals surface area (Å²) < 4.78 is 11.1. The predicted octanol–water partition coefficient (Wildman–Crippen LogP) is 5.66. The molecule has 8 atom stereocenters. The summed E-state index contributed by atoms with van der Waals surface area (Å²) in [4.78, 5) is 12.9. The van der Waals surface area contributed by atoms with Gasteiger partial charge in [-0.25, -0.2) is 0 Å². The van der Waals surface area contributed by atoms with Crippen molar-refractivity contribution in [3.8, 4) is 0 Å². The largest absolute Gasteiger partial charge is 0.394 e. The molecule has 286 valence electrons. The summed E-state index contributed by atoms with van der Waals surface area (Å²) in [5.74, 6) is 0.484. The minimum atomic E-state index is -1.60. The number of carbonyl (C=O) groups excluding carboxylic acids is 1. The van der Waals surface area contributed by atoms with Crippen molar-refractivity contribution in [2.45, 2.75) is 217 Å². The van der Waals surface area contributed by atoms with E-state index in [4.69, 9.17) is 9.47 Å². The van der Waals surface area contributed by atoms with Crippen LogP contribution in [0.2, 0.25) is 0 Å². The number of nitrogens with one attached hydrogen (secondary N) is 1. The smallest absolute Gasteiger partial charge is 0.220 e. The molecule has 1 aliphatic heterocycles. The SMILES string of the molecule is CCCCCCCCCCCCCCCC(=O)NC(COC1OC(CO)C(O)C(O)C1O)C(O)C(O)CCCCCCCCCC(C)C. The van der Waals surface area contributed by atoms with Crippen molar-refractivity contribution in [1.29, 1.82) is 0 Å². The monoisotopic (exact) mass is 690 g/mol. The van der Waals surface area contributed by atoms with Gasteiger partial charge in [-0.3, -0.25) is 4.79 Å². The quantitative estimate of drug-likeness (QED) is 0.0455. The van der Waals surface area contributed by atoms with Crippen LogP contribution in [0.3, 0.4) is 0 Å². The van der Waals surface area contributed by atoms with Crippen molar-refractivity contribution in [2.75, 3.05) is 13.2 Å². The Morgan fingerprint density at radius 3 is 1.67 bits per heavy atom. The fraction of sp³-hybridized carbons (Fsp3) is 0.974. The lowest BCUT2D eigenvalue weighted by atomic mass is 9.98. The molecule has 10 heteroatoms. The van der Waals surface area contributed by atoms with Crippen LogP contribution >= 0.6 is 0 Å². The molecule has 0 radical (unpaired) electrons. The zero-order valence-corrected chi connectivity index (χ0v) is 30.8. The van der Waals surface area contributed by atoms with Crippen molar-refractivity contribution in [3.05, 3.63) is 0 Å². The van der Waals surface area contributed by atoms with Gasteiger partial charge in [0.2, 0.25) is 5.91 Å². The number of aliphatic hydroxyl groups excluding tert-OH is 6. The molecule has 0 saturated carbocycles. The molecule has 1 aliphatic rings. The average Bonchev–Trinajstić information content (AvgIpc) is 3.07. The van der Waals surface area contributed by atoms with E-state index in [1.54, 1.807) is 0 Å². The van der Waals surface area contributed by atoms with Crippen LogP contribution in [0.5, 0.6) is 0 Å². The summed E-state index contributed by atoms with van der Waals surface area (Å²) in [6.45, 7) is 5.84. The Morgan fingerprint density at radius 1 is 0.688 bits per heavy atom.